The van der Waals surface area contributed by atoms with E-state index in [1.54, 1.807) is 11.8 Å². The lowest BCUT2D eigenvalue weighted by Crippen LogP contribution is -1.94. The second-order valence-electron chi connectivity index (χ2n) is 4.55. The zero-order valence-electron chi connectivity index (χ0n) is 11.9. The van der Waals surface area contributed by atoms with Gasteiger partial charge in [-0.05, 0) is 61.8 Å². The summed E-state index contributed by atoms with van der Waals surface area (Å²) in [6.07, 6.45) is 2.07. The van der Waals surface area contributed by atoms with Crippen LogP contribution in [0.2, 0.25) is 0 Å². The van der Waals surface area contributed by atoms with E-state index in [4.69, 9.17) is 17.0 Å². The number of hydrogen-bond donors (Lipinski definition) is 1. The molecular formula is C16H16N2OS2. The topological polar surface area (TPSA) is 29.9 Å². The molecule has 3 nitrogen and oxygen atoms in total. The van der Waals surface area contributed by atoms with Crippen LogP contribution in [-0.2, 0) is 0 Å². The van der Waals surface area contributed by atoms with Gasteiger partial charge in [0, 0.05) is 10.6 Å². The van der Waals surface area contributed by atoms with Gasteiger partial charge in [-0.3, -0.25) is 4.57 Å². The zero-order valence-corrected chi connectivity index (χ0v) is 13.6. The highest BCUT2D eigenvalue weighted by molar-refractivity contribution is 7.98. The van der Waals surface area contributed by atoms with Crippen LogP contribution in [0.5, 0.6) is 5.75 Å². The van der Waals surface area contributed by atoms with Crippen LogP contribution in [0.4, 0.5) is 0 Å². The summed E-state index contributed by atoms with van der Waals surface area (Å²) in [7, 11) is 0. The quantitative estimate of drug-likeness (QED) is 0.553. The SMILES string of the molecule is CCOc1cccc2c1[nH]c(=S)n2-c1ccc(SC)cc1. The number of imidazole rings is 1. The van der Waals surface area contributed by atoms with Crippen LogP contribution in [0.3, 0.4) is 0 Å². The molecule has 0 saturated heterocycles. The first-order valence-electron chi connectivity index (χ1n) is 6.75. The fourth-order valence-corrected chi connectivity index (χ4v) is 3.08. The first-order valence-corrected chi connectivity index (χ1v) is 8.39. The van der Waals surface area contributed by atoms with Crippen LogP contribution in [0.25, 0.3) is 16.7 Å². The Morgan fingerprint density at radius 1 is 1.19 bits per heavy atom. The molecule has 21 heavy (non-hydrogen) atoms. The molecule has 0 aliphatic rings. The Balaban J connectivity index is 2.20. The van der Waals surface area contributed by atoms with Crippen molar-refractivity contribution in [3.05, 3.63) is 47.2 Å². The van der Waals surface area contributed by atoms with Crippen LogP contribution in [0.15, 0.2) is 47.4 Å². The van der Waals surface area contributed by atoms with Gasteiger partial charge in [0.2, 0.25) is 0 Å². The van der Waals surface area contributed by atoms with Crippen molar-refractivity contribution < 1.29 is 4.74 Å². The Hall–Kier alpha value is -1.72. The molecule has 5 heteroatoms. The van der Waals surface area contributed by atoms with Crippen LogP contribution in [0.1, 0.15) is 6.92 Å². The third-order valence-electron chi connectivity index (χ3n) is 3.31. The van der Waals surface area contributed by atoms with E-state index in [0.717, 1.165) is 22.5 Å². The molecule has 0 bridgehead atoms. The molecule has 1 N–H and O–H groups in total. The zero-order chi connectivity index (χ0) is 14.8. The summed E-state index contributed by atoms with van der Waals surface area (Å²) in [4.78, 5) is 4.49. The lowest BCUT2D eigenvalue weighted by Gasteiger charge is -2.07. The fourth-order valence-electron chi connectivity index (χ4n) is 2.37. The maximum atomic E-state index is 5.67. The van der Waals surface area contributed by atoms with Gasteiger partial charge < -0.3 is 9.72 Å². The third-order valence-corrected chi connectivity index (χ3v) is 4.34. The Labute approximate surface area is 132 Å². The number of aromatic nitrogens is 2. The van der Waals surface area contributed by atoms with Gasteiger partial charge in [-0.25, -0.2) is 0 Å². The number of ether oxygens (including phenoxy) is 1. The Morgan fingerprint density at radius 3 is 2.62 bits per heavy atom. The van der Waals surface area contributed by atoms with E-state index < -0.39 is 0 Å². The second kappa shape index (κ2) is 5.95. The van der Waals surface area contributed by atoms with Crippen molar-refractivity contribution in [2.45, 2.75) is 11.8 Å². The van der Waals surface area contributed by atoms with E-state index in [-0.39, 0.29) is 0 Å². The molecule has 0 fully saturated rings. The number of benzene rings is 2. The van der Waals surface area contributed by atoms with Crippen molar-refractivity contribution in [3.63, 3.8) is 0 Å². The smallest absolute Gasteiger partial charge is 0.182 e. The molecule has 0 saturated carbocycles. The molecule has 0 aliphatic carbocycles. The summed E-state index contributed by atoms with van der Waals surface area (Å²) in [5, 5.41) is 0. The fraction of sp³-hybridized carbons (Fsp3) is 0.188. The van der Waals surface area contributed by atoms with E-state index in [2.05, 4.69) is 35.5 Å². The average Bonchev–Trinajstić information content (AvgIpc) is 2.85. The van der Waals surface area contributed by atoms with Gasteiger partial charge in [0.1, 0.15) is 11.3 Å². The molecule has 108 valence electrons. The highest BCUT2D eigenvalue weighted by Gasteiger charge is 2.10. The van der Waals surface area contributed by atoms with Gasteiger partial charge in [-0.2, -0.15) is 0 Å². The number of rotatable bonds is 4. The first kappa shape index (κ1) is 14.2. The number of thioether (sulfide) groups is 1. The Morgan fingerprint density at radius 2 is 1.95 bits per heavy atom. The predicted molar refractivity (Wildman–Crippen MR) is 91.4 cm³/mol. The molecule has 0 aliphatic heterocycles. The summed E-state index contributed by atoms with van der Waals surface area (Å²) >= 11 is 7.22. The van der Waals surface area contributed by atoms with Gasteiger partial charge in [0.15, 0.2) is 4.77 Å². The molecule has 0 unspecified atom stereocenters. The lowest BCUT2D eigenvalue weighted by molar-refractivity contribution is 0.343. The molecule has 3 rings (SSSR count). The van der Waals surface area contributed by atoms with Crippen LogP contribution in [-0.4, -0.2) is 22.4 Å². The van der Waals surface area contributed by atoms with Crippen LogP contribution in [0, 0.1) is 4.77 Å². The van der Waals surface area contributed by atoms with Crippen LogP contribution >= 0.6 is 24.0 Å². The number of para-hydroxylation sites is 1. The maximum Gasteiger partial charge on any atom is 0.182 e. The average molecular weight is 316 g/mol. The van der Waals surface area contributed by atoms with Crippen molar-refractivity contribution in [3.8, 4) is 11.4 Å². The van der Waals surface area contributed by atoms with Crippen molar-refractivity contribution >= 4 is 35.0 Å². The van der Waals surface area contributed by atoms with Crippen molar-refractivity contribution in [1.29, 1.82) is 0 Å². The molecule has 0 radical (unpaired) electrons. The summed E-state index contributed by atoms with van der Waals surface area (Å²) in [5.74, 6) is 0.834. The van der Waals surface area contributed by atoms with E-state index in [0.29, 0.717) is 11.4 Å². The number of fused-ring (bicyclic) bond motifs is 1. The van der Waals surface area contributed by atoms with E-state index in [1.807, 2.05) is 29.7 Å². The summed E-state index contributed by atoms with van der Waals surface area (Å²) in [6.45, 7) is 2.61. The number of nitrogens with one attached hydrogen (secondary N) is 1. The van der Waals surface area contributed by atoms with Crippen molar-refractivity contribution in [2.75, 3.05) is 12.9 Å². The number of nitrogens with zero attached hydrogens (tertiary/aromatic N) is 1. The minimum atomic E-state index is 0.632. The largest absolute Gasteiger partial charge is 0.492 e. The molecule has 0 amide bonds. The van der Waals surface area contributed by atoms with Gasteiger partial charge in [0.05, 0.1) is 12.1 Å². The second-order valence-corrected chi connectivity index (χ2v) is 5.81. The maximum absolute atomic E-state index is 5.67. The van der Waals surface area contributed by atoms with E-state index in [9.17, 15) is 0 Å². The molecule has 1 aromatic heterocycles. The monoisotopic (exact) mass is 316 g/mol. The van der Waals surface area contributed by atoms with E-state index in [1.165, 1.54) is 4.90 Å². The number of hydrogen-bond acceptors (Lipinski definition) is 3. The summed E-state index contributed by atoms with van der Waals surface area (Å²) in [5.41, 5.74) is 3.03. The Kier molecular flexibility index (Phi) is 4.03. The molecule has 1 heterocycles. The third kappa shape index (κ3) is 2.59. The highest BCUT2D eigenvalue weighted by atomic mass is 32.2. The molecule has 0 spiro atoms. The molecular weight excluding hydrogens is 300 g/mol. The van der Waals surface area contributed by atoms with Crippen molar-refractivity contribution in [2.24, 2.45) is 0 Å². The predicted octanol–water partition coefficient (Wildman–Crippen LogP) is 4.81. The van der Waals surface area contributed by atoms with E-state index >= 15 is 0 Å². The highest BCUT2D eigenvalue weighted by Crippen LogP contribution is 2.28. The van der Waals surface area contributed by atoms with Crippen molar-refractivity contribution in [1.82, 2.24) is 9.55 Å². The van der Waals surface area contributed by atoms with Gasteiger partial charge >= 0.3 is 0 Å². The number of aromatic amines is 1. The molecule has 2 aromatic carbocycles. The number of H-pyrrole nitrogens is 1. The Bertz CT molecular complexity index is 818. The minimum absolute atomic E-state index is 0.632. The molecule has 3 aromatic rings. The lowest BCUT2D eigenvalue weighted by atomic mass is 10.2. The van der Waals surface area contributed by atoms with Gasteiger partial charge in [0.25, 0.3) is 0 Å². The standard InChI is InChI=1S/C16H16N2OS2/c1-3-19-14-6-4-5-13-15(14)17-16(20)18(13)11-7-9-12(21-2)10-8-11/h4-10H,3H2,1-2H3,(H,17,20). The van der Waals surface area contributed by atoms with Gasteiger partial charge in [-0.1, -0.05) is 6.07 Å². The molecule has 0 atom stereocenters. The summed E-state index contributed by atoms with van der Waals surface area (Å²) in [6, 6.07) is 14.4. The first-order chi connectivity index (χ1) is 10.2. The minimum Gasteiger partial charge on any atom is -0.492 e. The summed E-state index contributed by atoms with van der Waals surface area (Å²) < 4.78 is 8.38. The van der Waals surface area contributed by atoms with Gasteiger partial charge in [-0.15, -0.1) is 11.8 Å². The normalized spacial score (nSPS) is 11.0. The van der Waals surface area contributed by atoms with Crippen LogP contribution < -0.4 is 4.74 Å².